The predicted molar refractivity (Wildman–Crippen MR) is 93.6 cm³/mol. The fraction of sp³-hybridized carbons (Fsp3) is 0.263. The third-order valence-corrected chi connectivity index (χ3v) is 3.51. The highest BCUT2D eigenvalue weighted by Crippen LogP contribution is 2.22. The minimum Gasteiger partial charge on any atom is -0.457 e. The van der Waals surface area contributed by atoms with Crippen molar-refractivity contribution in [1.82, 2.24) is 10.8 Å². The largest absolute Gasteiger partial charge is 0.457 e. The van der Waals surface area contributed by atoms with E-state index in [-0.39, 0.29) is 5.92 Å². The van der Waals surface area contributed by atoms with E-state index >= 15 is 0 Å². The van der Waals surface area contributed by atoms with Crippen LogP contribution in [0.5, 0.6) is 11.5 Å². The molecule has 0 aliphatic heterocycles. The molecule has 25 heavy (non-hydrogen) atoms. The van der Waals surface area contributed by atoms with Gasteiger partial charge in [0.15, 0.2) is 0 Å². The maximum absolute atomic E-state index is 12.4. The lowest BCUT2D eigenvalue weighted by Gasteiger charge is -2.18. The number of nitrogens with one attached hydrogen (secondary N) is 2. The Labute approximate surface area is 146 Å². The molecule has 1 unspecified atom stereocenters. The van der Waals surface area contributed by atoms with Crippen LogP contribution in [0.1, 0.15) is 30.6 Å². The minimum absolute atomic E-state index is 0.176. The molecule has 0 heterocycles. The van der Waals surface area contributed by atoms with Crippen LogP contribution in [0.3, 0.4) is 0 Å². The Kier molecular flexibility index (Phi) is 6.54. The smallest absolute Gasteiger partial charge is 0.265 e. The summed E-state index contributed by atoms with van der Waals surface area (Å²) in [5.41, 5.74) is 1.96. The summed E-state index contributed by atoms with van der Waals surface area (Å²) in [6, 6.07) is 15.1. The van der Waals surface area contributed by atoms with Crippen LogP contribution in [0.4, 0.5) is 0 Å². The number of para-hydroxylation sites is 1. The number of hydroxylamine groups is 1. The van der Waals surface area contributed by atoms with Crippen LogP contribution in [0.2, 0.25) is 0 Å². The molecule has 0 bridgehead atoms. The maximum Gasteiger partial charge on any atom is 0.265 e. The molecule has 0 radical (unpaired) electrons. The van der Waals surface area contributed by atoms with E-state index in [0.717, 1.165) is 0 Å². The van der Waals surface area contributed by atoms with Crippen molar-refractivity contribution in [2.45, 2.75) is 26.3 Å². The Balaban J connectivity index is 2.10. The molecular formula is C19H22N2O4. The van der Waals surface area contributed by atoms with E-state index in [0.29, 0.717) is 23.5 Å². The first-order valence-corrected chi connectivity index (χ1v) is 8.07. The summed E-state index contributed by atoms with van der Waals surface area (Å²) in [7, 11) is 0. The number of carbonyl (C=O) groups excluding carboxylic acids is 2. The second-order valence-corrected chi connectivity index (χ2v) is 6.07. The zero-order valence-electron chi connectivity index (χ0n) is 14.2. The fourth-order valence-electron chi connectivity index (χ4n) is 2.35. The standard InChI is InChI=1S/C19H22N2O4/c1-13(2)11-17(19(23)21-24)20-18(22)14-7-6-10-16(12-14)25-15-8-4-3-5-9-15/h3-10,12-13,17,24H,11H2,1-2H3,(H,20,22)(H,21,23). The first-order valence-electron chi connectivity index (χ1n) is 8.07. The van der Waals surface area contributed by atoms with E-state index < -0.39 is 17.9 Å². The van der Waals surface area contributed by atoms with Crippen LogP contribution in [0.15, 0.2) is 54.6 Å². The second kappa shape index (κ2) is 8.84. The van der Waals surface area contributed by atoms with Crippen molar-refractivity contribution in [1.29, 1.82) is 0 Å². The summed E-state index contributed by atoms with van der Waals surface area (Å²) in [5, 5.41) is 11.5. The average molecular weight is 342 g/mol. The van der Waals surface area contributed by atoms with Gasteiger partial charge in [-0.25, -0.2) is 5.48 Å². The van der Waals surface area contributed by atoms with Gasteiger partial charge in [-0.2, -0.15) is 0 Å². The molecule has 2 amide bonds. The first-order chi connectivity index (χ1) is 12.0. The highest BCUT2D eigenvalue weighted by molar-refractivity contribution is 5.97. The van der Waals surface area contributed by atoms with Gasteiger partial charge in [0.2, 0.25) is 0 Å². The van der Waals surface area contributed by atoms with Gasteiger partial charge in [0.05, 0.1) is 0 Å². The van der Waals surface area contributed by atoms with Crippen LogP contribution in [-0.4, -0.2) is 23.1 Å². The van der Waals surface area contributed by atoms with Crippen molar-refractivity contribution in [3.05, 3.63) is 60.2 Å². The number of hydrogen-bond donors (Lipinski definition) is 3. The lowest BCUT2D eigenvalue weighted by molar-refractivity contribution is -0.131. The quantitative estimate of drug-likeness (QED) is 0.533. The Hall–Kier alpha value is -2.86. The van der Waals surface area contributed by atoms with E-state index in [1.54, 1.807) is 29.7 Å². The summed E-state index contributed by atoms with van der Waals surface area (Å²) in [5.74, 6) is 0.310. The Morgan fingerprint density at radius 2 is 1.72 bits per heavy atom. The van der Waals surface area contributed by atoms with Crippen LogP contribution in [-0.2, 0) is 4.79 Å². The van der Waals surface area contributed by atoms with E-state index in [9.17, 15) is 9.59 Å². The average Bonchev–Trinajstić information content (AvgIpc) is 2.61. The molecule has 6 nitrogen and oxygen atoms in total. The number of rotatable bonds is 7. The number of hydrogen-bond acceptors (Lipinski definition) is 4. The monoisotopic (exact) mass is 342 g/mol. The molecule has 2 aromatic rings. The third-order valence-electron chi connectivity index (χ3n) is 3.51. The summed E-state index contributed by atoms with van der Waals surface area (Å²) in [6.45, 7) is 3.86. The van der Waals surface area contributed by atoms with Gasteiger partial charge >= 0.3 is 0 Å². The summed E-state index contributed by atoms with van der Waals surface area (Å²) in [6.07, 6.45) is 0.415. The molecule has 6 heteroatoms. The molecule has 0 spiro atoms. The predicted octanol–water partition coefficient (Wildman–Crippen LogP) is 3.13. The van der Waals surface area contributed by atoms with Gasteiger partial charge in [0.1, 0.15) is 17.5 Å². The van der Waals surface area contributed by atoms with Crippen LogP contribution in [0, 0.1) is 5.92 Å². The van der Waals surface area contributed by atoms with Crippen LogP contribution in [0.25, 0.3) is 0 Å². The number of amides is 2. The molecular weight excluding hydrogens is 320 g/mol. The lowest BCUT2D eigenvalue weighted by Crippen LogP contribution is -2.46. The maximum atomic E-state index is 12.4. The zero-order chi connectivity index (χ0) is 18.2. The Morgan fingerprint density at radius 3 is 2.36 bits per heavy atom. The highest BCUT2D eigenvalue weighted by atomic mass is 16.5. The van der Waals surface area contributed by atoms with Crippen LogP contribution < -0.4 is 15.5 Å². The van der Waals surface area contributed by atoms with Gasteiger partial charge < -0.3 is 10.1 Å². The first kappa shape index (κ1) is 18.5. The number of ether oxygens (including phenoxy) is 1. The topological polar surface area (TPSA) is 87.7 Å². The Bertz CT molecular complexity index is 716. The van der Waals surface area contributed by atoms with Gasteiger partial charge in [0, 0.05) is 5.56 Å². The van der Waals surface area contributed by atoms with Crippen molar-refractivity contribution in [3.63, 3.8) is 0 Å². The minimum atomic E-state index is -0.809. The van der Waals surface area contributed by atoms with Crippen molar-refractivity contribution in [2.24, 2.45) is 5.92 Å². The molecule has 1 atom stereocenters. The van der Waals surface area contributed by atoms with Gasteiger partial charge in [-0.3, -0.25) is 14.8 Å². The molecule has 132 valence electrons. The van der Waals surface area contributed by atoms with Crippen molar-refractivity contribution >= 4 is 11.8 Å². The second-order valence-electron chi connectivity index (χ2n) is 6.07. The number of benzene rings is 2. The SMILES string of the molecule is CC(C)CC(NC(=O)c1cccc(Oc2ccccc2)c1)C(=O)NO. The highest BCUT2D eigenvalue weighted by Gasteiger charge is 2.22. The van der Waals surface area contributed by atoms with E-state index in [2.05, 4.69) is 5.32 Å². The summed E-state index contributed by atoms with van der Waals surface area (Å²) >= 11 is 0. The zero-order valence-corrected chi connectivity index (χ0v) is 14.2. The molecule has 0 aromatic heterocycles. The lowest BCUT2D eigenvalue weighted by atomic mass is 10.0. The third kappa shape index (κ3) is 5.61. The molecule has 0 fully saturated rings. The van der Waals surface area contributed by atoms with Gasteiger partial charge in [-0.05, 0) is 42.7 Å². The van der Waals surface area contributed by atoms with Crippen LogP contribution >= 0.6 is 0 Å². The molecule has 3 N–H and O–H groups in total. The van der Waals surface area contributed by atoms with Crippen molar-refractivity contribution in [3.8, 4) is 11.5 Å². The van der Waals surface area contributed by atoms with E-state index in [4.69, 9.17) is 9.94 Å². The fourth-order valence-corrected chi connectivity index (χ4v) is 2.35. The van der Waals surface area contributed by atoms with Gasteiger partial charge in [-0.1, -0.05) is 38.1 Å². The molecule has 0 saturated carbocycles. The van der Waals surface area contributed by atoms with E-state index in [1.165, 1.54) is 0 Å². The normalized spacial score (nSPS) is 11.7. The van der Waals surface area contributed by atoms with Gasteiger partial charge in [-0.15, -0.1) is 0 Å². The van der Waals surface area contributed by atoms with E-state index in [1.807, 2.05) is 44.2 Å². The molecule has 2 rings (SSSR count). The van der Waals surface area contributed by atoms with Gasteiger partial charge in [0.25, 0.3) is 11.8 Å². The molecule has 0 aliphatic rings. The van der Waals surface area contributed by atoms with Crippen molar-refractivity contribution < 1.29 is 19.5 Å². The summed E-state index contributed by atoms with van der Waals surface area (Å²) in [4.78, 5) is 24.2. The summed E-state index contributed by atoms with van der Waals surface area (Å²) < 4.78 is 5.71. The number of carbonyl (C=O) groups is 2. The molecule has 0 aliphatic carbocycles. The van der Waals surface area contributed by atoms with Crippen molar-refractivity contribution in [2.75, 3.05) is 0 Å². The molecule has 2 aromatic carbocycles. The molecule has 0 saturated heterocycles. The Morgan fingerprint density at radius 1 is 1.04 bits per heavy atom.